The van der Waals surface area contributed by atoms with Crippen molar-refractivity contribution < 1.29 is 4.79 Å². The normalized spacial score (nSPS) is 50.0. The number of rotatable bonds is 0. The Morgan fingerprint density at radius 2 is 2.33 bits per heavy atom. The van der Waals surface area contributed by atoms with Crippen LogP contribution >= 0.6 is 23.4 Å². The van der Waals surface area contributed by atoms with Crippen molar-refractivity contribution in [1.82, 2.24) is 10.2 Å². The predicted octanol–water partition coefficient (Wildman–Crippen LogP) is 1.02. The molecule has 0 aromatic heterocycles. The zero-order valence-electron chi connectivity index (χ0n) is 8.65. The second-order valence-electron chi connectivity index (χ2n) is 4.68. The molecular formula is C10H15ClN2OS. The molecule has 0 spiro atoms. The zero-order valence-corrected chi connectivity index (χ0v) is 10.2. The summed E-state index contributed by atoms with van der Waals surface area (Å²) in [6.07, 6.45) is 2.01. The first-order valence-electron chi connectivity index (χ1n) is 5.51. The molecule has 5 heteroatoms. The second-order valence-corrected chi connectivity index (χ2v) is 6.91. The number of hydrogen-bond acceptors (Lipinski definition) is 3. The van der Waals surface area contributed by atoms with E-state index in [0.29, 0.717) is 17.3 Å². The molecule has 3 heterocycles. The summed E-state index contributed by atoms with van der Waals surface area (Å²) in [5.74, 6) is 0.217. The molecule has 3 rings (SSSR count). The number of hydrogen-bond donors (Lipinski definition) is 1. The van der Waals surface area contributed by atoms with E-state index in [9.17, 15) is 4.79 Å². The van der Waals surface area contributed by atoms with Gasteiger partial charge in [0.2, 0.25) is 5.91 Å². The molecule has 3 nitrogen and oxygen atoms in total. The summed E-state index contributed by atoms with van der Waals surface area (Å²) in [5.41, 5.74) is 0. The lowest BCUT2D eigenvalue weighted by Gasteiger charge is -2.38. The molecule has 3 fully saturated rings. The first-order valence-corrected chi connectivity index (χ1v) is 6.89. The molecule has 84 valence electrons. The van der Waals surface area contributed by atoms with E-state index < -0.39 is 0 Å². The van der Waals surface area contributed by atoms with E-state index in [1.807, 2.05) is 11.8 Å². The molecule has 0 saturated carbocycles. The standard InChI is InChI=1S/C10H15ClN2OS/c1-5-4-12-10(14)7-2-8-6(13(5)7)3-9(11)15-8/h5-9H,2-4H2,1H3,(H,12,14)/t5-,6?,7?,8?,9?/m1/s1. The van der Waals surface area contributed by atoms with Crippen LogP contribution in [0.3, 0.4) is 0 Å². The van der Waals surface area contributed by atoms with Gasteiger partial charge < -0.3 is 5.32 Å². The first kappa shape index (κ1) is 10.2. The number of thioether (sulfide) groups is 1. The molecule has 15 heavy (non-hydrogen) atoms. The highest BCUT2D eigenvalue weighted by atomic mass is 35.5. The number of piperazine rings is 1. The maximum Gasteiger partial charge on any atom is 0.237 e. The Bertz CT molecular complexity index is 301. The van der Waals surface area contributed by atoms with Crippen molar-refractivity contribution in [3.8, 4) is 0 Å². The third-order valence-electron chi connectivity index (χ3n) is 3.76. The van der Waals surface area contributed by atoms with Gasteiger partial charge in [0.15, 0.2) is 0 Å². The number of fused-ring (bicyclic) bond motifs is 3. The zero-order chi connectivity index (χ0) is 10.6. The summed E-state index contributed by atoms with van der Waals surface area (Å²) in [4.78, 5) is 14.1. The van der Waals surface area contributed by atoms with Crippen LogP contribution in [0.15, 0.2) is 0 Å². The molecule has 1 N–H and O–H groups in total. The minimum atomic E-state index is 0.111. The molecule has 0 aromatic rings. The summed E-state index contributed by atoms with van der Waals surface area (Å²) >= 11 is 8.02. The fourth-order valence-electron chi connectivity index (χ4n) is 3.12. The largest absolute Gasteiger partial charge is 0.353 e. The van der Waals surface area contributed by atoms with E-state index in [0.717, 1.165) is 19.4 Å². The van der Waals surface area contributed by atoms with E-state index in [1.54, 1.807) is 0 Å². The second kappa shape index (κ2) is 3.54. The Morgan fingerprint density at radius 1 is 1.53 bits per heavy atom. The lowest BCUT2D eigenvalue weighted by atomic mass is 10.1. The highest BCUT2D eigenvalue weighted by Crippen LogP contribution is 2.47. The van der Waals surface area contributed by atoms with Gasteiger partial charge >= 0.3 is 0 Å². The van der Waals surface area contributed by atoms with Crippen LogP contribution in [-0.2, 0) is 4.79 Å². The third kappa shape index (κ3) is 1.49. The molecule has 3 aliphatic rings. The van der Waals surface area contributed by atoms with Gasteiger partial charge in [-0.25, -0.2) is 0 Å². The fraction of sp³-hybridized carbons (Fsp3) is 0.900. The SMILES string of the molecule is C[C@@H]1CNC(=O)C2CC3SC(Cl)CC3N21. The first-order chi connectivity index (χ1) is 7.16. The third-order valence-corrected chi connectivity index (χ3v) is 5.59. The molecule has 3 aliphatic heterocycles. The Kier molecular flexibility index (Phi) is 2.41. The van der Waals surface area contributed by atoms with E-state index >= 15 is 0 Å². The molecule has 0 radical (unpaired) electrons. The molecule has 4 unspecified atom stereocenters. The summed E-state index contributed by atoms with van der Waals surface area (Å²) in [5, 5.41) is 3.55. The van der Waals surface area contributed by atoms with Gasteiger partial charge in [-0.1, -0.05) is 0 Å². The van der Waals surface area contributed by atoms with Crippen LogP contribution in [0.4, 0.5) is 0 Å². The highest BCUT2D eigenvalue weighted by molar-refractivity contribution is 8.02. The van der Waals surface area contributed by atoms with Crippen molar-refractivity contribution in [2.75, 3.05) is 6.54 Å². The Balaban J connectivity index is 1.86. The Hall–Kier alpha value is 0.0700. The van der Waals surface area contributed by atoms with Gasteiger partial charge in [-0.3, -0.25) is 9.69 Å². The molecule has 3 saturated heterocycles. The Morgan fingerprint density at radius 3 is 3.13 bits per heavy atom. The van der Waals surface area contributed by atoms with Gasteiger partial charge in [0.05, 0.1) is 10.8 Å². The van der Waals surface area contributed by atoms with Crippen molar-refractivity contribution in [3.63, 3.8) is 0 Å². The Labute approximate surface area is 98.9 Å². The summed E-state index contributed by atoms with van der Waals surface area (Å²) in [7, 11) is 0. The lowest BCUT2D eigenvalue weighted by molar-refractivity contribution is -0.130. The monoisotopic (exact) mass is 246 g/mol. The summed E-state index contributed by atoms with van der Waals surface area (Å²) in [6.45, 7) is 2.98. The summed E-state index contributed by atoms with van der Waals surface area (Å²) in [6, 6.07) is 1.11. The molecule has 0 aliphatic carbocycles. The molecule has 0 bridgehead atoms. The lowest BCUT2D eigenvalue weighted by Crippen LogP contribution is -2.59. The van der Waals surface area contributed by atoms with Crippen LogP contribution in [0, 0.1) is 0 Å². The van der Waals surface area contributed by atoms with Crippen molar-refractivity contribution in [2.45, 2.75) is 47.8 Å². The van der Waals surface area contributed by atoms with Gasteiger partial charge in [0.25, 0.3) is 0 Å². The van der Waals surface area contributed by atoms with Crippen molar-refractivity contribution in [2.24, 2.45) is 0 Å². The number of amides is 1. The van der Waals surface area contributed by atoms with Crippen molar-refractivity contribution in [3.05, 3.63) is 0 Å². The topological polar surface area (TPSA) is 32.3 Å². The number of alkyl halides is 1. The van der Waals surface area contributed by atoms with E-state index in [2.05, 4.69) is 17.1 Å². The van der Waals surface area contributed by atoms with Crippen LogP contribution in [0.25, 0.3) is 0 Å². The van der Waals surface area contributed by atoms with E-state index in [1.165, 1.54) is 0 Å². The van der Waals surface area contributed by atoms with Gasteiger partial charge in [-0.2, -0.15) is 0 Å². The van der Waals surface area contributed by atoms with E-state index in [-0.39, 0.29) is 16.7 Å². The number of halogens is 1. The number of nitrogens with zero attached hydrogens (tertiary/aromatic N) is 1. The minimum absolute atomic E-state index is 0.111. The van der Waals surface area contributed by atoms with E-state index in [4.69, 9.17) is 11.6 Å². The average molecular weight is 247 g/mol. The maximum absolute atomic E-state index is 11.7. The highest BCUT2D eigenvalue weighted by Gasteiger charge is 2.52. The molecule has 5 atom stereocenters. The van der Waals surface area contributed by atoms with Crippen molar-refractivity contribution in [1.29, 1.82) is 0 Å². The minimum Gasteiger partial charge on any atom is -0.353 e. The number of carbonyl (C=O) groups excluding carboxylic acids is 1. The summed E-state index contributed by atoms with van der Waals surface area (Å²) < 4.78 is 0.248. The van der Waals surface area contributed by atoms with Gasteiger partial charge in [0, 0.05) is 23.9 Å². The number of nitrogens with one attached hydrogen (secondary N) is 1. The van der Waals surface area contributed by atoms with Crippen molar-refractivity contribution >= 4 is 29.3 Å². The van der Waals surface area contributed by atoms with Crippen LogP contribution < -0.4 is 5.32 Å². The predicted molar refractivity (Wildman–Crippen MR) is 62.1 cm³/mol. The van der Waals surface area contributed by atoms with Gasteiger partial charge in [-0.15, -0.1) is 23.4 Å². The van der Waals surface area contributed by atoms with Crippen LogP contribution in [0.1, 0.15) is 19.8 Å². The van der Waals surface area contributed by atoms with Gasteiger partial charge in [-0.05, 0) is 19.8 Å². The number of carbonyl (C=O) groups is 1. The van der Waals surface area contributed by atoms with Crippen LogP contribution in [0.2, 0.25) is 0 Å². The molecule has 1 amide bonds. The molecular weight excluding hydrogens is 232 g/mol. The van der Waals surface area contributed by atoms with Gasteiger partial charge in [0.1, 0.15) is 0 Å². The van der Waals surface area contributed by atoms with Crippen LogP contribution in [0.5, 0.6) is 0 Å². The quantitative estimate of drug-likeness (QED) is 0.648. The maximum atomic E-state index is 11.7. The van der Waals surface area contributed by atoms with Crippen LogP contribution in [-0.4, -0.2) is 45.4 Å². The average Bonchev–Trinajstić information content (AvgIpc) is 2.67. The smallest absolute Gasteiger partial charge is 0.237 e. The fourth-order valence-corrected chi connectivity index (χ4v) is 5.12. The molecule has 0 aromatic carbocycles.